The van der Waals surface area contributed by atoms with Crippen LogP contribution in [0.1, 0.15) is 22.9 Å². The normalized spacial score (nSPS) is 20.3. The first-order valence-electron chi connectivity index (χ1n) is 7.91. The maximum Gasteiger partial charge on any atom is 0.131 e. The van der Waals surface area contributed by atoms with E-state index in [-0.39, 0.29) is 6.04 Å². The van der Waals surface area contributed by atoms with Crippen molar-refractivity contribution < 1.29 is 15.2 Å². The minimum Gasteiger partial charge on any atom is -0.544 e. The van der Waals surface area contributed by atoms with Crippen LogP contribution in [0.2, 0.25) is 0 Å². The molecular weight excluding hydrogens is 288 g/mol. The summed E-state index contributed by atoms with van der Waals surface area (Å²) >= 11 is 0. The summed E-state index contributed by atoms with van der Waals surface area (Å²) in [6.07, 6.45) is 1.30. The Morgan fingerprint density at radius 1 is 1.13 bits per heavy atom. The monoisotopic (exact) mass is 306 g/mol. The van der Waals surface area contributed by atoms with Gasteiger partial charge in [-0.1, -0.05) is 48.5 Å². The van der Waals surface area contributed by atoms with Gasteiger partial charge in [0.15, 0.2) is 0 Å². The van der Waals surface area contributed by atoms with Gasteiger partial charge in [-0.2, -0.15) is 0 Å². The first-order valence-corrected chi connectivity index (χ1v) is 7.91. The number of fused-ring (bicyclic) bond motifs is 3. The molecular formula is C19H18N2O2. The highest BCUT2D eigenvalue weighted by atomic mass is 16.4. The van der Waals surface area contributed by atoms with Gasteiger partial charge in [0.1, 0.15) is 12.1 Å². The molecule has 1 aromatic heterocycles. The molecule has 1 aliphatic heterocycles. The summed E-state index contributed by atoms with van der Waals surface area (Å²) in [7, 11) is 0. The summed E-state index contributed by atoms with van der Waals surface area (Å²) < 4.78 is 0. The number of para-hydroxylation sites is 1. The van der Waals surface area contributed by atoms with Crippen molar-refractivity contribution in [2.75, 3.05) is 0 Å². The summed E-state index contributed by atoms with van der Waals surface area (Å²) in [6.45, 7) is 0. The van der Waals surface area contributed by atoms with Crippen LogP contribution in [0, 0.1) is 0 Å². The Morgan fingerprint density at radius 3 is 2.65 bits per heavy atom. The van der Waals surface area contributed by atoms with Gasteiger partial charge >= 0.3 is 0 Å². The third-order valence-corrected chi connectivity index (χ3v) is 4.71. The number of aliphatic carboxylic acids is 1. The summed E-state index contributed by atoms with van der Waals surface area (Å²) in [5, 5.41) is 14.5. The Morgan fingerprint density at radius 2 is 1.87 bits per heavy atom. The maximum atomic E-state index is 11.5. The lowest BCUT2D eigenvalue weighted by atomic mass is 9.91. The number of rotatable bonds is 3. The van der Waals surface area contributed by atoms with E-state index in [4.69, 9.17) is 0 Å². The minimum atomic E-state index is -0.987. The largest absolute Gasteiger partial charge is 0.544 e. The Labute approximate surface area is 134 Å². The first-order chi connectivity index (χ1) is 11.2. The molecule has 3 aromatic rings. The number of carboxylic acid groups (broad SMARTS) is 1. The van der Waals surface area contributed by atoms with E-state index in [2.05, 4.69) is 23.2 Å². The molecule has 4 rings (SSSR count). The van der Waals surface area contributed by atoms with Crippen LogP contribution in [-0.2, 0) is 17.6 Å². The van der Waals surface area contributed by atoms with Crippen LogP contribution in [-0.4, -0.2) is 17.0 Å². The van der Waals surface area contributed by atoms with Crippen molar-refractivity contribution in [3.05, 3.63) is 71.4 Å². The van der Waals surface area contributed by atoms with Crippen molar-refractivity contribution in [3.8, 4) is 0 Å². The Hall–Kier alpha value is -2.59. The fraction of sp³-hybridized carbons (Fsp3) is 0.211. The highest BCUT2D eigenvalue weighted by Crippen LogP contribution is 2.30. The highest BCUT2D eigenvalue weighted by molar-refractivity contribution is 5.86. The van der Waals surface area contributed by atoms with Crippen molar-refractivity contribution in [1.29, 1.82) is 0 Å². The number of aromatic nitrogens is 1. The molecule has 116 valence electrons. The Bertz CT molecular complexity index is 854. The van der Waals surface area contributed by atoms with Crippen LogP contribution in [0.5, 0.6) is 0 Å². The molecule has 2 atom stereocenters. The third kappa shape index (κ3) is 2.51. The third-order valence-electron chi connectivity index (χ3n) is 4.71. The second-order valence-electron chi connectivity index (χ2n) is 6.18. The maximum absolute atomic E-state index is 11.5. The van der Waals surface area contributed by atoms with Crippen LogP contribution in [0.15, 0.2) is 54.6 Å². The van der Waals surface area contributed by atoms with Crippen molar-refractivity contribution in [2.45, 2.75) is 24.9 Å². The van der Waals surface area contributed by atoms with E-state index in [1.807, 2.05) is 41.7 Å². The molecule has 0 unspecified atom stereocenters. The van der Waals surface area contributed by atoms with Crippen LogP contribution >= 0.6 is 0 Å². The van der Waals surface area contributed by atoms with E-state index in [0.29, 0.717) is 6.42 Å². The summed E-state index contributed by atoms with van der Waals surface area (Å²) in [5.41, 5.74) is 4.55. The van der Waals surface area contributed by atoms with Gasteiger partial charge in [0, 0.05) is 23.7 Å². The van der Waals surface area contributed by atoms with Crippen molar-refractivity contribution >= 4 is 16.9 Å². The molecule has 4 nitrogen and oxygen atoms in total. The van der Waals surface area contributed by atoms with Crippen molar-refractivity contribution in [2.24, 2.45) is 0 Å². The molecule has 0 radical (unpaired) electrons. The van der Waals surface area contributed by atoms with Gasteiger partial charge in [-0.05, 0) is 17.2 Å². The highest BCUT2D eigenvalue weighted by Gasteiger charge is 2.33. The average molecular weight is 306 g/mol. The number of aromatic amines is 1. The summed E-state index contributed by atoms with van der Waals surface area (Å²) in [4.78, 5) is 15.0. The van der Waals surface area contributed by atoms with Crippen LogP contribution < -0.4 is 10.4 Å². The van der Waals surface area contributed by atoms with Gasteiger partial charge in [0.25, 0.3) is 0 Å². The van der Waals surface area contributed by atoms with E-state index >= 15 is 0 Å². The molecule has 23 heavy (non-hydrogen) atoms. The fourth-order valence-electron chi connectivity index (χ4n) is 3.62. The lowest BCUT2D eigenvalue weighted by Gasteiger charge is -2.28. The molecule has 3 N–H and O–H groups in total. The second kappa shape index (κ2) is 5.56. The SMILES string of the molecule is O=C([O-])[C@H]1Cc2c([nH]c3ccccc23)[C@@H](Cc2ccccc2)[NH2+]1. The van der Waals surface area contributed by atoms with E-state index in [0.717, 1.165) is 28.6 Å². The van der Waals surface area contributed by atoms with E-state index in [1.165, 1.54) is 5.56 Å². The lowest BCUT2D eigenvalue weighted by molar-refractivity contribution is -0.725. The lowest BCUT2D eigenvalue weighted by Crippen LogP contribution is -2.95. The van der Waals surface area contributed by atoms with E-state index in [1.54, 1.807) is 0 Å². The number of hydrogen-bond donors (Lipinski definition) is 2. The van der Waals surface area contributed by atoms with E-state index < -0.39 is 12.0 Å². The number of carboxylic acids is 1. The standard InChI is InChI=1S/C19H18N2O2/c22-19(23)17-11-14-13-8-4-5-9-15(13)21-18(14)16(20-17)10-12-6-2-1-3-7-12/h1-9,16-17,20-21H,10-11H2,(H,22,23)/t16-,17-/m1/s1. The summed E-state index contributed by atoms with van der Waals surface area (Å²) in [5.74, 6) is -0.987. The number of hydrogen-bond acceptors (Lipinski definition) is 2. The zero-order valence-corrected chi connectivity index (χ0v) is 12.7. The minimum absolute atomic E-state index is 0.0662. The van der Waals surface area contributed by atoms with Crippen LogP contribution in [0.25, 0.3) is 10.9 Å². The first kappa shape index (κ1) is 14.0. The van der Waals surface area contributed by atoms with Gasteiger partial charge in [0.05, 0.1) is 11.7 Å². The van der Waals surface area contributed by atoms with Gasteiger partial charge in [-0.3, -0.25) is 0 Å². The number of H-pyrrole nitrogens is 1. The molecule has 2 heterocycles. The number of nitrogens with two attached hydrogens (primary N) is 1. The molecule has 1 aliphatic rings. The van der Waals surface area contributed by atoms with Crippen LogP contribution in [0.4, 0.5) is 0 Å². The number of nitrogens with one attached hydrogen (secondary N) is 1. The molecule has 0 saturated heterocycles. The molecule has 2 aromatic carbocycles. The molecule has 4 heteroatoms. The molecule has 0 fully saturated rings. The Kier molecular flexibility index (Phi) is 3.39. The number of benzene rings is 2. The van der Waals surface area contributed by atoms with Gasteiger partial charge < -0.3 is 20.2 Å². The predicted molar refractivity (Wildman–Crippen MR) is 85.6 cm³/mol. The second-order valence-corrected chi connectivity index (χ2v) is 6.18. The van der Waals surface area contributed by atoms with Gasteiger partial charge in [-0.15, -0.1) is 0 Å². The van der Waals surface area contributed by atoms with Crippen molar-refractivity contribution in [3.63, 3.8) is 0 Å². The zero-order chi connectivity index (χ0) is 15.8. The average Bonchev–Trinajstić information content (AvgIpc) is 2.95. The molecule has 0 amide bonds. The summed E-state index contributed by atoms with van der Waals surface area (Å²) in [6, 6.07) is 17.8. The predicted octanol–water partition coefficient (Wildman–Crippen LogP) is 0.690. The number of carbonyl (C=O) groups is 1. The fourth-order valence-corrected chi connectivity index (χ4v) is 3.62. The molecule has 0 bridgehead atoms. The van der Waals surface area contributed by atoms with E-state index in [9.17, 15) is 9.90 Å². The molecule has 0 aliphatic carbocycles. The van der Waals surface area contributed by atoms with Crippen LogP contribution in [0.3, 0.4) is 0 Å². The number of quaternary nitrogens is 1. The quantitative estimate of drug-likeness (QED) is 0.747. The van der Waals surface area contributed by atoms with Crippen molar-refractivity contribution in [1.82, 2.24) is 4.98 Å². The van der Waals surface area contributed by atoms with Gasteiger partial charge in [0.2, 0.25) is 0 Å². The van der Waals surface area contributed by atoms with Gasteiger partial charge in [-0.25, -0.2) is 0 Å². The smallest absolute Gasteiger partial charge is 0.131 e. The Balaban J connectivity index is 1.78. The molecule has 0 spiro atoms. The number of carbonyl (C=O) groups excluding carboxylic acids is 1. The topological polar surface area (TPSA) is 72.5 Å². The molecule has 0 saturated carbocycles. The zero-order valence-electron chi connectivity index (χ0n) is 12.7.